The highest BCUT2D eigenvalue weighted by atomic mass is 16.5. The summed E-state index contributed by atoms with van der Waals surface area (Å²) in [6.07, 6.45) is -0.108. The number of hydrogen-bond donors (Lipinski definition) is 1. The quantitative estimate of drug-likeness (QED) is 0.906. The molecule has 1 amide bonds. The van der Waals surface area contributed by atoms with E-state index in [2.05, 4.69) is 33.0 Å². The number of methoxy groups -OCH3 is 1. The number of para-hydroxylation sites is 1. The Balaban J connectivity index is 2.36. The predicted octanol–water partition coefficient (Wildman–Crippen LogP) is 2.81. The third-order valence-electron chi connectivity index (χ3n) is 3.86. The molecule has 1 aliphatic rings. The van der Waals surface area contributed by atoms with Gasteiger partial charge < -0.3 is 9.64 Å². The zero-order chi connectivity index (χ0) is 15.6. The first-order valence-corrected chi connectivity index (χ1v) is 7.65. The summed E-state index contributed by atoms with van der Waals surface area (Å²) >= 11 is 0. The molecular formula is C17H26N2O2. The molecule has 0 radical (unpaired) electrons. The van der Waals surface area contributed by atoms with Crippen LogP contribution in [0, 0.1) is 11.8 Å². The van der Waals surface area contributed by atoms with E-state index in [4.69, 9.17) is 4.74 Å². The highest BCUT2D eigenvalue weighted by Gasteiger charge is 2.41. The number of benzene rings is 1. The zero-order valence-corrected chi connectivity index (χ0v) is 13.6. The third-order valence-corrected chi connectivity index (χ3v) is 3.86. The molecule has 1 heterocycles. The van der Waals surface area contributed by atoms with Crippen molar-refractivity contribution in [3.8, 4) is 5.75 Å². The number of carbonyl (C=O) groups is 1. The number of nitrogens with zero attached hydrogens (tertiary/aromatic N) is 1. The molecule has 4 nitrogen and oxygen atoms in total. The summed E-state index contributed by atoms with van der Waals surface area (Å²) in [5.41, 5.74) is 1.03. The van der Waals surface area contributed by atoms with Crippen molar-refractivity contribution in [3.63, 3.8) is 0 Å². The van der Waals surface area contributed by atoms with E-state index in [-0.39, 0.29) is 24.0 Å². The fourth-order valence-electron chi connectivity index (χ4n) is 2.85. The van der Waals surface area contributed by atoms with Crippen LogP contribution in [0.2, 0.25) is 0 Å². The van der Waals surface area contributed by atoms with E-state index in [0.29, 0.717) is 5.92 Å². The second-order valence-electron chi connectivity index (χ2n) is 6.42. The Morgan fingerprint density at radius 1 is 1.24 bits per heavy atom. The van der Waals surface area contributed by atoms with Gasteiger partial charge in [0.2, 0.25) is 5.91 Å². The van der Waals surface area contributed by atoms with E-state index in [1.807, 2.05) is 29.2 Å². The minimum absolute atomic E-state index is 0.108. The monoisotopic (exact) mass is 290 g/mol. The average Bonchev–Trinajstić information content (AvgIpc) is 2.76. The smallest absolute Gasteiger partial charge is 0.241 e. The third kappa shape index (κ3) is 3.21. The van der Waals surface area contributed by atoms with Crippen molar-refractivity contribution < 1.29 is 9.53 Å². The molecule has 2 rings (SSSR count). The number of nitrogens with one attached hydrogen (secondary N) is 1. The van der Waals surface area contributed by atoms with E-state index in [1.54, 1.807) is 7.11 Å². The van der Waals surface area contributed by atoms with Gasteiger partial charge in [0.15, 0.2) is 0 Å². The van der Waals surface area contributed by atoms with Gasteiger partial charge in [-0.3, -0.25) is 10.1 Å². The van der Waals surface area contributed by atoms with Gasteiger partial charge in [-0.05, 0) is 17.9 Å². The molecule has 2 unspecified atom stereocenters. The van der Waals surface area contributed by atoms with Gasteiger partial charge in [-0.1, -0.05) is 45.9 Å². The van der Waals surface area contributed by atoms with Gasteiger partial charge in [0.25, 0.3) is 0 Å². The van der Waals surface area contributed by atoms with Crippen LogP contribution in [0.25, 0.3) is 0 Å². The number of rotatable bonds is 5. The van der Waals surface area contributed by atoms with Gasteiger partial charge >= 0.3 is 0 Å². The van der Waals surface area contributed by atoms with Crippen LogP contribution in [0.15, 0.2) is 24.3 Å². The van der Waals surface area contributed by atoms with E-state index >= 15 is 0 Å². The fraction of sp³-hybridized carbons (Fsp3) is 0.588. The summed E-state index contributed by atoms with van der Waals surface area (Å²) in [5.74, 6) is 1.71. The number of carbonyl (C=O) groups excluding carboxylic acids is 1. The Labute approximate surface area is 127 Å². The van der Waals surface area contributed by atoms with Crippen LogP contribution in [-0.2, 0) is 4.79 Å². The Hall–Kier alpha value is -1.55. The Morgan fingerprint density at radius 2 is 1.90 bits per heavy atom. The minimum Gasteiger partial charge on any atom is -0.496 e. The lowest BCUT2D eigenvalue weighted by Gasteiger charge is -2.27. The van der Waals surface area contributed by atoms with E-state index in [9.17, 15) is 4.79 Å². The number of amides is 1. The Bertz CT molecular complexity index is 499. The molecule has 0 saturated carbocycles. The normalized spacial score (nSPS) is 22.4. The molecule has 4 heteroatoms. The maximum absolute atomic E-state index is 12.7. The minimum atomic E-state index is -0.126. The van der Waals surface area contributed by atoms with Gasteiger partial charge in [0, 0.05) is 12.1 Å². The molecule has 1 aromatic carbocycles. The first-order chi connectivity index (χ1) is 9.95. The van der Waals surface area contributed by atoms with Gasteiger partial charge in [-0.2, -0.15) is 0 Å². The van der Waals surface area contributed by atoms with Crippen molar-refractivity contribution in [1.82, 2.24) is 10.2 Å². The van der Waals surface area contributed by atoms with Crippen LogP contribution in [-0.4, -0.2) is 30.5 Å². The molecule has 21 heavy (non-hydrogen) atoms. The van der Waals surface area contributed by atoms with E-state index in [0.717, 1.165) is 17.9 Å². The van der Waals surface area contributed by atoms with E-state index in [1.165, 1.54) is 0 Å². The molecule has 0 aliphatic carbocycles. The Kier molecular flexibility index (Phi) is 4.88. The standard InChI is InChI=1S/C17H26N2O2/c1-11(2)10-19-16(18-15(12(3)4)17(19)20)13-8-6-7-9-14(13)21-5/h6-9,11-12,15-16,18H,10H2,1-5H3. The molecule has 1 fully saturated rings. The lowest BCUT2D eigenvalue weighted by Crippen LogP contribution is -2.36. The lowest BCUT2D eigenvalue weighted by molar-refractivity contribution is -0.131. The number of ether oxygens (including phenoxy) is 1. The lowest BCUT2D eigenvalue weighted by atomic mass is 10.0. The van der Waals surface area contributed by atoms with Crippen molar-refractivity contribution >= 4 is 5.91 Å². The topological polar surface area (TPSA) is 41.6 Å². The fourth-order valence-corrected chi connectivity index (χ4v) is 2.85. The van der Waals surface area contributed by atoms with Crippen LogP contribution in [0.5, 0.6) is 5.75 Å². The molecule has 1 aromatic rings. The second kappa shape index (κ2) is 6.48. The molecular weight excluding hydrogens is 264 g/mol. The van der Waals surface area contributed by atoms with Crippen molar-refractivity contribution in [2.24, 2.45) is 11.8 Å². The summed E-state index contributed by atoms with van der Waals surface area (Å²) in [6, 6.07) is 7.78. The highest BCUT2D eigenvalue weighted by molar-refractivity contribution is 5.85. The van der Waals surface area contributed by atoms with Gasteiger partial charge in [0.05, 0.1) is 13.2 Å². The van der Waals surface area contributed by atoms with Crippen LogP contribution in [0.4, 0.5) is 0 Å². The molecule has 0 aromatic heterocycles. The molecule has 2 atom stereocenters. The second-order valence-corrected chi connectivity index (χ2v) is 6.42. The van der Waals surface area contributed by atoms with Gasteiger partial charge in [0.1, 0.15) is 11.9 Å². The number of hydrogen-bond acceptors (Lipinski definition) is 3. The molecule has 1 aliphatic heterocycles. The summed E-state index contributed by atoms with van der Waals surface area (Å²) in [7, 11) is 1.67. The van der Waals surface area contributed by atoms with Crippen molar-refractivity contribution in [3.05, 3.63) is 29.8 Å². The first kappa shape index (κ1) is 15.8. The summed E-state index contributed by atoms with van der Waals surface area (Å²) in [4.78, 5) is 14.6. The highest BCUT2D eigenvalue weighted by Crippen LogP contribution is 2.33. The van der Waals surface area contributed by atoms with Gasteiger partial charge in [-0.25, -0.2) is 0 Å². The average molecular weight is 290 g/mol. The molecule has 0 bridgehead atoms. The SMILES string of the molecule is COc1ccccc1C1NC(C(C)C)C(=O)N1CC(C)C. The van der Waals surface area contributed by atoms with Crippen LogP contribution in [0.1, 0.15) is 39.4 Å². The van der Waals surface area contributed by atoms with E-state index < -0.39 is 0 Å². The summed E-state index contributed by atoms with van der Waals surface area (Å²) in [6.45, 7) is 9.17. The molecule has 1 saturated heterocycles. The van der Waals surface area contributed by atoms with Crippen LogP contribution < -0.4 is 10.1 Å². The Morgan fingerprint density at radius 3 is 2.48 bits per heavy atom. The summed E-state index contributed by atoms with van der Waals surface area (Å²) in [5, 5.41) is 3.48. The van der Waals surface area contributed by atoms with Crippen molar-refractivity contribution in [2.45, 2.75) is 39.9 Å². The predicted molar refractivity (Wildman–Crippen MR) is 84.0 cm³/mol. The van der Waals surface area contributed by atoms with Crippen LogP contribution in [0.3, 0.4) is 0 Å². The maximum Gasteiger partial charge on any atom is 0.241 e. The molecule has 1 N–H and O–H groups in total. The van der Waals surface area contributed by atoms with Crippen LogP contribution >= 0.6 is 0 Å². The van der Waals surface area contributed by atoms with Gasteiger partial charge in [-0.15, -0.1) is 0 Å². The largest absolute Gasteiger partial charge is 0.496 e. The molecule has 0 spiro atoms. The summed E-state index contributed by atoms with van der Waals surface area (Å²) < 4.78 is 5.46. The van der Waals surface area contributed by atoms with Crippen molar-refractivity contribution in [1.29, 1.82) is 0 Å². The maximum atomic E-state index is 12.7. The zero-order valence-electron chi connectivity index (χ0n) is 13.6. The van der Waals surface area contributed by atoms with Crippen molar-refractivity contribution in [2.75, 3.05) is 13.7 Å². The molecule has 116 valence electrons. The first-order valence-electron chi connectivity index (χ1n) is 7.65.